The fourth-order valence-electron chi connectivity index (χ4n) is 7.13. The zero-order valence-electron chi connectivity index (χ0n) is 23.7. The molecule has 3 aliphatic carbocycles. The number of Topliss-reactive ketones (excluding diaryl/α,β-unsaturated/α-hetero) is 1. The highest BCUT2D eigenvalue weighted by Crippen LogP contribution is 2.55. The number of allylic oxidation sites excluding steroid dienone is 1. The summed E-state index contributed by atoms with van der Waals surface area (Å²) in [7, 11) is 0. The summed E-state index contributed by atoms with van der Waals surface area (Å²) in [5.41, 5.74) is 0.160. The van der Waals surface area contributed by atoms with E-state index in [1.807, 2.05) is 20.8 Å². The third-order valence-electron chi connectivity index (χ3n) is 9.09. The van der Waals surface area contributed by atoms with Crippen molar-refractivity contribution in [3.63, 3.8) is 0 Å². The van der Waals surface area contributed by atoms with E-state index in [1.54, 1.807) is 36.4 Å². The highest BCUT2D eigenvalue weighted by molar-refractivity contribution is 14.1. The Labute approximate surface area is 252 Å². The van der Waals surface area contributed by atoms with Gasteiger partial charge in [-0.25, -0.2) is 4.79 Å². The molecule has 0 aromatic heterocycles. The van der Waals surface area contributed by atoms with Crippen LogP contribution in [-0.4, -0.2) is 69.3 Å². The molecule has 0 radical (unpaired) electrons. The van der Waals surface area contributed by atoms with Gasteiger partial charge in [0.25, 0.3) is 0 Å². The number of ketones is 1. The minimum Gasteiger partial charge on any atom is -0.454 e. The van der Waals surface area contributed by atoms with Crippen molar-refractivity contribution in [1.82, 2.24) is 0 Å². The lowest BCUT2D eigenvalue weighted by Gasteiger charge is -2.55. The lowest BCUT2D eigenvalue weighted by Crippen LogP contribution is -2.68. The molecule has 1 aromatic rings. The quantitative estimate of drug-likeness (QED) is 0.166. The number of alkyl halides is 1. The summed E-state index contributed by atoms with van der Waals surface area (Å²) in [6.07, 6.45) is -1.67. The molecule has 3 unspecified atom stereocenters. The summed E-state index contributed by atoms with van der Waals surface area (Å²) < 4.78 is 23.6. The van der Waals surface area contributed by atoms with Gasteiger partial charge in [0.15, 0.2) is 17.5 Å². The van der Waals surface area contributed by atoms with Crippen LogP contribution in [0.15, 0.2) is 53.1 Å². The van der Waals surface area contributed by atoms with Crippen molar-refractivity contribution in [2.75, 3.05) is 6.61 Å². The van der Waals surface area contributed by atoms with E-state index in [1.165, 1.54) is 13.8 Å². The maximum atomic E-state index is 14.5. The van der Waals surface area contributed by atoms with Gasteiger partial charge in [-0.1, -0.05) is 60.2 Å². The summed E-state index contributed by atoms with van der Waals surface area (Å²) in [4.78, 5) is 52.8. The number of aliphatic hydroxyl groups excluding tert-OH is 1. The molecule has 9 nitrogen and oxygen atoms in total. The Bertz CT molecular complexity index is 1330. The molecule has 1 aromatic carbocycles. The molecular formula is C31H35IO9. The maximum Gasteiger partial charge on any atom is 0.338 e. The predicted octanol–water partition coefficient (Wildman–Crippen LogP) is 3.90. The van der Waals surface area contributed by atoms with Crippen LogP contribution >= 0.6 is 22.6 Å². The summed E-state index contributed by atoms with van der Waals surface area (Å²) >= 11 is 2.31. The number of esters is 3. The number of benzene rings is 1. The Morgan fingerprint density at radius 2 is 1.73 bits per heavy atom. The molecular weight excluding hydrogens is 643 g/mol. The van der Waals surface area contributed by atoms with Crippen molar-refractivity contribution in [1.29, 1.82) is 0 Å². The number of fused-ring (bicyclic) bond motifs is 5. The fourth-order valence-corrected chi connectivity index (χ4v) is 8.01. The Kier molecular flexibility index (Phi) is 7.97. The largest absolute Gasteiger partial charge is 0.454 e. The SMILES string of the molecule is CC(=O)O[C@H]1C(=O)C2C(=C[C@H](OC(=O)c3ccccc3)C3CC(I)C(C)=C1C3(C)C)[C@]1(OC(C)=O)CO[C@@H]1C[C@@H]2O. The Morgan fingerprint density at radius 1 is 1.05 bits per heavy atom. The van der Waals surface area contributed by atoms with Gasteiger partial charge in [0, 0.05) is 30.1 Å². The van der Waals surface area contributed by atoms with Crippen LogP contribution in [0, 0.1) is 17.3 Å². The van der Waals surface area contributed by atoms with Crippen LogP contribution < -0.4 is 0 Å². The van der Waals surface area contributed by atoms with Gasteiger partial charge in [0.1, 0.15) is 12.2 Å². The first kappa shape index (κ1) is 29.9. The number of hydrogen-bond acceptors (Lipinski definition) is 9. The Morgan fingerprint density at radius 3 is 2.32 bits per heavy atom. The lowest BCUT2D eigenvalue weighted by atomic mass is 9.61. The Hall–Kier alpha value is -2.57. The minimum absolute atomic E-state index is 0.0120. The predicted molar refractivity (Wildman–Crippen MR) is 155 cm³/mol. The Balaban J connectivity index is 1.76. The zero-order chi connectivity index (χ0) is 29.9. The molecule has 1 saturated heterocycles. The van der Waals surface area contributed by atoms with Gasteiger partial charge in [-0.05, 0) is 48.1 Å². The average molecular weight is 679 g/mol. The summed E-state index contributed by atoms with van der Waals surface area (Å²) in [5.74, 6) is -3.77. The molecule has 220 valence electrons. The van der Waals surface area contributed by atoms with E-state index in [4.69, 9.17) is 18.9 Å². The number of ether oxygens (including phenoxy) is 4. The molecule has 10 heteroatoms. The molecule has 4 aliphatic rings. The number of carbonyl (C=O) groups excluding carboxylic acids is 4. The van der Waals surface area contributed by atoms with Crippen molar-refractivity contribution >= 4 is 46.3 Å². The maximum absolute atomic E-state index is 14.5. The topological polar surface area (TPSA) is 125 Å². The smallest absolute Gasteiger partial charge is 0.338 e. The average Bonchev–Trinajstić information content (AvgIpc) is 2.90. The van der Waals surface area contributed by atoms with Gasteiger partial charge in [0.05, 0.1) is 24.2 Å². The van der Waals surface area contributed by atoms with Gasteiger partial charge in [-0.2, -0.15) is 0 Å². The normalized spacial score (nSPS) is 35.7. The number of rotatable bonds is 4. The zero-order valence-corrected chi connectivity index (χ0v) is 25.9. The molecule has 1 heterocycles. The van der Waals surface area contributed by atoms with Crippen LogP contribution in [0.2, 0.25) is 0 Å². The molecule has 0 spiro atoms. The van der Waals surface area contributed by atoms with Gasteiger partial charge in [-0.3, -0.25) is 14.4 Å². The third-order valence-corrected chi connectivity index (χ3v) is 10.5. The van der Waals surface area contributed by atoms with Gasteiger partial charge < -0.3 is 24.1 Å². The number of aliphatic hydroxyl groups is 1. The molecule has 5 rings (SSSR count). The van der Waals surface area contributed by atoms with Crippen LogP contribution in [0.4, 0.5) is 0 Å². The van der Waals surface area contributed by atoms with Crippen LogP contribution in [0.1, 0.15) is 57.8 Å². The first-order valence-corrected chi connectivity index (χ1v) is 15.1. The first-order chi connectivity index (χ1) is 19.3. The number of halogens is 1. The van der Waals surface area contributed by atoms with Crippen LogP contribution in [0.5, 0.6) is 0 Å². The van der Waals surface area contributed by atoms with E-state index in [0.29, 0.717) is 23.1 Å². The molecule has 2 fully saturated rings. The van der Waals surface area contributed by atoms with Crippen molar-refractivity contribution in [2.24, 2.45) is 17.3 Å². The van der Waals surface area contributed by atoms with E-state index in [0.717, 1.165) is 5.57 Å². The molecule has 1 N–H and O–H groups in total. The van der Waals surface area contributed by atoms with E-state index in [-0.39, 0.29) is 22.9 Å². The molecule has 8 atom stereocenters. The standard InChI is InChI=1S/C31H35IO9/c1-15-21(32)11-19-23(40-29(37)18-9-7-6-8-10-18)12-20-25(22(35)13-24-31(20,14-38-24)41-17(3)34)27(36)28(39-16(2)33)26(15)30(19,4)5/h6-10,12,19,21-25,28,35H,11,13-14H2,1-5H3/t19?,21?,22-,23-,24+,25?,28+,31+/m0/s1. The van der Waals surface area contributed by atoms with E-state index in [9.17, 15) is 24.3 Å². The minimum atomic E-state index is -1.32. The molecule has 41 heavy (non-hydrogen) atoms. The highest BCUT2D eigenvalue weighted by atomic mass is 127. The molecule has 2 bridgehead atoms. The molecule has 0 amide bonds. The van der Waals surface area contributed by atoms with Crippen LogP contribution in [-0.2, 0) is 33.3 Å². The van der Waals surface area contributed by atoms with E-state index in [2.05, 4.69) is 22.6 Å². The summed E-state index contributed by atoms with van der Waals surface area (Å²) in [6.45, 7) is 8.38. The second-order valence-corrected chi connectivity index (χ2v) is 13.4. The molecule has 1 saturated carbocycles. The molecule has 1 aliphatic heterocycles. The fraction of sp³-hybridized carbons (Fsp3) is 0.548. The van der Waals surface area contributed by atoms with Gasteiger partial charge in [-0.15, -0.1) is 0 Å². The van der Waals surface area contributed by atoms with Crippen molar-refractivity contribution in [3.8, 4) is 0 Å². The van der Waals surface area contributed by atoms with Gasteiger partial charge >= 0.3 is 17.9 Å². The highest BCUT2D eigenvalue weighted by Gasteiger charge is 2.64. The number of hydrogen-bond donors (Lipinski definition) is 1. The van der Waals surface area contributed by atoms with E-state index < -0.39 is 65.0 Å². The van der Waals surface area contributed by atoms with Crippen molar-refractivity contribution in [3.05, 3.63) is 58.7 Å². The monoisotopic (exact) mass is 678 g/mol. The summed E-state index contributed by atoms with van der Waals surface area (Å²) in [6, 6.07) is 8.62. The van der Waals surface area contributed by atoms with Crippen molar-refractivity contribution < 1.29 is 43.2 Å². The lowest BCUT2D eigenvalue weighted by molar-refractivity contribution is -0.257. The second-order valence-electron chi connectivity index (χ2n) is 11.9. The third kappa shape index (κ3) is 5.05. The summed E-state index contributed by atoms with van der Waals surface area (Å²) in [5, 5.41) is 11.4. The number of carbonyl (C=O) groups is 4. The van der Waals surface area contributed by atoms with Crippen molar-refractivity contribution in [2.45, 2.75) is 81.4 Å². The van der Waals surface area contributed by atoms with Crippen LogP contribution in [0.25, 0.3) is 0 Å². The van der Waals surface area contributed by atoms with Gasteiger partial charge in [0.2, 0.25) is 0 Å². The van der Waals surface area contributed by atoms with E-state index >= 15 is 0 Å². The second kappa shape index (κ2) is 10.9. The first-order valence-electron chi connectivity index (χ1n) is 13.8. The van der Waals surface area contributed by atoms with Crippen LogP contribution in [0.3, 0.4) is 0 Å².